The van der Waals surface area contributed by atoms with Crippen LogP contribution in [0.4, 0.5) is 5.69 Å². The Hall–Kier alpha value is -1.36. The summed E-state index contributed by atoms with van der Waals surface area (Å²) in [7, 11) is -1.43. The second-order valence-corrected chi connectivity index (χ2v) is 6.39. The Kier molecular flexibility index (Phi) is 4.90. The van der Waals surface area contributed by atoms with Crippen molar-refractivity contribution >= 4 is 22.4 Å². The van der Waals surface area contributed by atoms with Crippen LogP contribution in [0, 0.1) is 6.92 Å². The Labute approximate surface area is 110 Å². The number of nitrogen functional groups attached to an aromatic ring is 1. The molecule has 0 radical (unpaired) electrons. The van der Waals surface area contributed by atoms with E-state index < -0.39 is 16.0 Å². The molecule has 1 aromatic carbocycles. The maximum Gasteiger partial charge on any atom is 0.236 e. The molecule has 2 atom stereocenters. The Morgan fingerprint density at radius 2 is 1.94 bits per heavy atom. The third-order valence-electron chi connectivity index (χ3n) is 2.51. The van der Waals surface area contributed by atoms with Gasteiger partial charge in [-0.2, -0.15) is 0 Å². The summed E-state index contributed by atoms with van der Waals surface area (Å²) >= 11 is 0. The van der Waals surface area contributed by atoms with E-state index in [0.29, 0.717) is 10.6 Å². The van der Waals surface area contributed by atoms with Crippen molar-refractivity contribution in [2.24, 2.45) is 0 Å². The molecule has 0 bridgehead atoms. The van der Waals surface area contributed by atoms with Crippen molar-refractivity contribution in [2.45, 2.75) is 43.9 Å². The number of nitrogens with two attached hydrogens (primary N) is 1. The van der Waals surface area contributed by atoms with Gasteiger partial charge in [0.05, 0.1) is 15.7 Å². The van der Waals surface area contributed by atoms with Gasteiger partial charge in [0.1, 0.15) is 5.25 Å². The van der Waals surface area contributed by atoms with Crippen LogP contribution in [0.25, 0.3) is 0 Å². The van der Waals surface area contributed by atoms with Crippen molar-refractivity contribution < 1.29 is 9.00 Å². The summed E-state index contributed by atoms with van der Waals surface area (Å²) in [5.74, 6) is -0.218. The fourth-order valence-electron chi connectivity index (χ4n) is 1.51. The largest absolute Gasteiger partial charge is 0.398 e. The summed E-state index contributed by atoms with van der Waals surface area (Å²) in [5.41, 5.74) is 7.24. The van der Waals surface area contributed by atoms with Gasteiger partial charge in [0.15, 0.2) is 0 Å². The number of nitrogens with one attached hydrogen (secondary N) is 1. The number of hydrogen-bond donors (Lipinski definition) is 2. The predicted molar refractivity (Wildman–Crippen MR) is 74.7 cm³/mol. The van der Waals surface area contributed by atoms with Crippen LogP contribution in [0.5, 0.6) is 0 Å². The third-order valence-corrected chi connectivity index (χ3v) is 4.15. The van der Waals surface area contributed by atoms with Crippen LogP contribution in [0.3, 0.4) is 0 Å². The monoisotopic (exact) mass is 268 g/mol. The van der Waals surface area contributed by atoms with E-state index in [2.05, 4.69) is 5.32 Å². The molecule has 1 amide bonds. The average molecular weight is 268 g/mol. The zero-order valence-electron chi connectivity index (χ0n) is 11.2. The quantitative estimate of drug-likeness (QED) is 0.815. The molecule has 4 nitrogen and oxygen atoms in total. The van der Waals surface area contributed by atoms with E-state index in [4.69, 9.17) is 5.73 Å². The molecular weight excluding hydrogens is 248 g/mol. The number of carbonyl (C=O) groups is 1. The molecule has 0 saturated heterocycles. The van der Waals surface area contributed by atoms with E-state index in [1.165, 1.54) is 0 Å². The van der Waals surface area contributed by atoms with E-state index in [-0.39, 0.29) is 11.9 Å². The lowest BCUT2D eigenvalue weighted by Crippen LogP contribution is -2.39. The van der Waals surface area contributed by atoms with E-state index in [1.807, 2.05) is 26.8 Å². The lowest BCUT2D eigenvalue weighted by Gasteiger charge is -2.15. The first-order valence-electron chi connectivity index (χ1n) is 5.90. The van der Waals surface area contributed by atoms with Crippen molar-refractivity contribution in [3.05, 3.63) is 23.8 Å². The van der Waals surface area contributed by atoms with Gasteiger partial charge in [0.2, 0.25) is 5.91 Å². The SMILES string of the molecule is Cc1ccc(N)c(S(=O)C(C)C(=O)NC(C)C)c1. The van der Waals surface area contributed by atoms with Crippen LogP contribution in [0.2, 0.25) is 0 Å². The fourth-order valence-corrected chi connectivity index (χ4v) is 2.75. The number of aryl methyl sites for hydroxylation is 1. The Bertz CT molecular complexity index is 472. The summed E-state index contributed by atoms with van der Waals surface area (Å²) < 4.78 is 12.3. The van der Waals surface area contributed by atoms with Gasteiger partial charge in [-0.25, -0.2) is 0 Å². The zero-order chi connectivity index (χ0) is 13.9. The molecule has 0 aliphatic heterocycles. The van der Waals surface area contributed by atoms with E-state index >= 15 is 0 Å². The van der Waals surface area contributed by atoms with Gasteiger partial charge in [-0.15, -0.1) is 0 Å². The van der Waals surface area contributed by atoms with E-state index in [9.17, 15) is 9.00 Å². The van der Waals surface area contributed by atoms with Crippen LogP contribution in [0.1, 0.15) is 26.3 Å². The predicted octanol–water partition coefficient (Wildman–Crippen LogP) is 1.60. The second-order valence-electron chi connectivity index (χ2n) is 4.64. The van der Waals surface area contributed by atoms with Gasteiger partial charge in [-0.05, 0) is 45.4 Å². The summed E-state index contributed by atoms with van der Waals surface area (Å²) in [6.45, 7) is 7.29. The highest BCUT2D eigenvalue weighted by Crippen LogP contribution is 2.20. The van der Waals surface area contributed by atoms with Gasteiger partial charge >= 0.3 is 0 Å². The van der Waals surface area contributed by atoms with E-state index in [1.54, 1.807) is 19.1 Å². The van der Waals surface area contributed by atoms with E-state index in [0.717, 1.165) is 5.56 Å². The van der Waals surface area contributed by atoms with Crippen LogP contribution >= 0.6 is 0 Å². The number of rotatable bonds is 4. The summed E-state index contributed by atoms with van der Waals surface area (Å²) in [5, 5.41) is 2.14. The van der Waals surface area contributed by atoms with Gasteiger partial charge in [-0.1, -0.05) is 6.07 Å². The van der Waals surface area contributed by atoms with Crippen LogP contribution in [-0.4, -0.2) is 21.4 Å². The first kappa shape index (κ1) is 14.7. The Balaban J connectivity index is 2.93. The molecule has 1 rings (SSSR count). The molecule has 0 spiro atoms. The molecule has 0 fully saturated rings. The topological polar surface area (TPSA) is 72.2 Å². The molecule has 2 unspecified atom stereocenters. The molecule has 0 aromatic heterocycles. The van der Waals surface area contributed by atoms with Gasteiger partial charge in [0, 0.05) is 11.7 Å². The number of amides is 1. The Morgan fingerprint density at radius 3 is 2.50 bits per heavy atom. The zero-order valence-corrected chi connectivity index (χ0v) is 12.0. The molecule has 18 heavy (non-hydrogen) atoms. The Morgan fingerprint density at radius 1 is 1.33 bits per heavy atom. The summed E-state index contributed by atoms with van der Waals surface area (Å²) in [6, 6.07) is 5.38. The molecule has 5 heteroatoms. The average Bonchev–Trinajstić information content (AvgIpc) is 2.29. The number of carbonyl (C=O) groups excluding carboxylic acids is 1. The molecule has 100 valence electrons. The van der Waals surface area contributed by atoms with Crippen LogP contribution in [-0.2, 0) is 15.6 Å². The molecule has 3 N–H and O–H groups in total. The van der Waals surface area contributed by atoms with Gasteiger partial charge in [0.25, 0.3) is 0 Å². The lowest BCUT2D eigenvalue weighted by atomic mass is 10.2. The van der Waals surface area contributed by atoms with Crippen LogP contribution < -0.4 is 11.1 Å². The number of hydrogen-bond acceptors (Lipinski definition) is 3. The number of anilines is 1. The highest BCUT2D eigenvalue weighted by Gasteiger charge is 2.23. The highest BCUT2D eigenvalue weighted by molar-refractivity contribution is 7.86. The van der Waals surface area contributed by atoms with Crippen molar-refractivity contribution in [3.8, 4) is 0 Å². The minimum atomic E-state index is -1.43. The standard InChI is InChI=1S/C13H20N2O2S/c1-8(2)15-13(16)10(4)18(17)12-7-9(3)5-6-11(12)14/h5-8,10H,14H2,1-4H3,(H,15,16). The molecule has 0 heterocycles. The molecule has 0 aliphatic carbocycles. The molecule has 0 saturated carbocycles. The van der Waals surface area contributed by atoms with Crippen molar-refractivity contribution in [1.82, 2.24) is 5.32 Å². The lowest BCUT2D eigenvalue weighted by molar-refractivity contribution is -0.120. The summed E-state index contributed by atoms with van der Waals surface area (Å²) in [4.78, 5) is 12.3. The van der Waals surface area contributed by atoms with Crippen LogP contribution in [0.15, 0.2) is 23.1 Å². The third kappa shape index (κ3) is 3.57. The molecule has 1 aromatic rings. The van der Waals surface area contributed by atoms with Crippen molar-refractivity contribution in [1.29, 1.82) is 0 Å². The summed E-state index contributed by atoms with van der Waals surface area (Å²) in [6.07, 6.45) is 0. The first-order valence-corrected chi connectivity index (χ1v) is 7.11. The second kappa shape index (κ2) is 6.00. The fraction of sp³-hybridized carbons (Fsp3) is 0.462. The first-order chi connectivity index (χ1) is 8.32. The minimum Gasteiger partial charge on any atom is -0.398 e. The van der Waals surface area contributed by atoms with Crippen molar-refractivity contribution in [2.75, 3.05) is 5.73 Å². The van der Waals surface area contributed by atoms with Gasteiger partial charge < -0.3 is 11.1 Å². The van der Waals surface area contributed by atoms with Crippen molar-refractivity contribution in [3.63, 3.8) is 0 Å². The minimum absolute atomic E-state index is 0.0341. The van der Waals surface area contributed by atoms with Gasteiger partial charge in [-0.3, -0.25) is 9.00 Å². The molecular formula is C13H20N2O2S. The number of benzene rings is 1. The maximum absolute atomic E-state index is 12.3. The smallest absolute Gasteiger partial charge is 0.236 e. The maximum atomic E-state index is 12.3. The highest BCUT2D eigenvalue weighted by atomic mass is 32.2. The molecule has 0 aliphatic rings. The normalized spacial score (nSPS) is 14.3.